The van der Waals surface area contributed by atoms with Crippen molar-refractivity contribution >= 4 is 28.9 Å². The van der Waals surface area contributed by atoms with Gasteiger partial charge in [0.2, 0.25) is 5.95 Å². The first kappa shape index (κ1) is 12.9. The van der Waals surface area contributed by atoms with Gasteiger partial charge in [-0.05, 0) is 11.8 Å². The van der Waals surface area contributed by atoms with Gasteiger partial charge in [0.05, 0.1) is 0 Å². The van der Waals surface area contributed by atoms with Crippen LogP contribution >= 0.6 is 11.8 Å². The summed E-state index contributed by atoms with van der Waals surface area (Å²) in [5.41, 5.74) is 7.56. The highest BCUT2D eigenvalue weighted by Crippen LogP contribution is 2.26. The number of anilines is 1. The molecule has 0 fully saturated rings. The van der Waals surface area contributed by atoms with Crippen molar-refractivity contribution in [3.05, 3.63) is 41.7 Å². The fraction of sp³-hybridized carbons (Fsp3) is 0.154. The molecule has 3 aromatic rings. The molecule has 0 saturated heterocycles. The second-order valence-electron chi connectivity index (χ2n) is 4.22. The van der Waals surface area contributed by atoms with Crippen LogP contribution in [0.5, 0.6) is 0 Å². The fourth-order valence-corrected chi connectivity index (χ4v) is 2.51. The van der Waals surface area contributed by atoms with Crippen molar-refractivity contribution < 1.29 is 5.11 Å². The highest BCUT2D eigenvalue weighted by Gasteiger charge is 2.17. The SMILES string of the molecule is CSc1nc(N)nc2nc(C(O)c3ccccc3)[nH]c12. The van der Waals surface area contributed by atoms with E-state index >= 15 is 0 Å². The molecule has 0 spiro atoms. The molecule has 102 valence electrons. The number of hydrogen-bond acceptors (Lipinski definition) is 6. The smallest absolute Gasteiger partial charge is 0.223 e. The topological polar surface area (TPSA) is 101 Å². The Hall–Kier alpha value is -2.12. The van der Waals surface area contributed by atoms with E-state index in [0.29, 0.717) is 22.0 Å². The largest absolute Gasteiger partial charge is 0.380 e. The van der Waals surface area contributed by atoms with E-state index in [1.54, 1.807) is 0 Å². The summed E-state index contributed by atoms with van der Waals surface area (Å²) >= 11 is 1.45. The molecule has 3 rings (SSSR count). The van der Waals surface area contributed by atoms with Crippen LogP contribution in [-0.4, -0.2) is 31.3 Å². The first-order valence-corrected chi connectivity index (χ1v) is 7.21. The Bertz CT molecular complexity index is 743. The van der Waals surface area contributed by atoms with Crippen LogP contribution in [-0.2, 0) is 0 Å². The zero-order valence-corrected chi connectivity index (χ0v) is 11.6. The molecule has 0 aliphatic heterocycles. The third-order valence-corrected chi connectivity index (χ3v) is 3.60. The van der Waals surface area contributed by atoms with Gasteiger partial charge in [0.25, 0.3) is 0 Å². The molecule has 1 atom stereocenters. The number of nitrogens with one attached hydrogen (secondary N) is 1. The number of rotatable bonds is 3. The van der Waals surface area contributed by atoms with Gasteiger partial charge >= 0.3 is 0 Å². The zero-order chi connectivity index (χ0) is 14.1. The number of hydrogen-bond donors (Lipinski definition) is 3. The van der Waals surface area contributed by atoms with Crippen molar-refractivity contribution in [1.82, 2.24) is 19.9 Å². The number of H-pyrrole nitrogens is 1. The van der Waals surface area contributed by atoms with Gasteiger partial charge < -0.3 is 15.8 Å². The minimum atomic E-state index is -0.832. The quantitative estimate of drug-likeness (QED) is 0.501. The van der Waals surface area contributed by atoms with Gasteiger partial charge in [0, 0.05) is 0 Å². The van der Waals surface area contributed by atoms with E-state index in [9.17, 15) is 5.11 Å². The maximum atomic E-state index is 10.3. The molecular weight excluding hydrogens is 274 g/mol. The molecule has 1 unspecified atom stereocenters. The van der Waals surface area contributed by atoms with Crippen LogP contribution in [0.25, 0.3) is 11.2 Å². The van der Waals surface area contributed by atoms with E-state index < -0.39 is 6.10 Å². The van der Waals surface area contributed by atoms with Crippen molar-refractivity contribution in [3.63, 3.8) is 0 Å². The van der Waals surface area contributed by atoms with E-state index in [-0.39, 0.29) is 5.95 Å². The Kier molecular flexibility index (Phi) is 3.29. The highest BCUT2D eigenvalue weighted by atomic mass is 32.2. The number of aliphatic hydroxyl groups excluding tert-OH is 1. The van der Waals surface area contributed by atoms with E-state index in [2.05, 4.69) is 19.9 Å². The predicted octanol–water partition coefficient (Wildman–Crippen LogP) is 1.74. The lowest BCUT2D eigenvalue weighted by atomic mass is 10.1. The molecular formula is C13H13N5OS. The van der Waals surface area contributed by atoms with Crippen molar-refractivity contribution in [3.8, 4) is 0 Å². The third-order valence-electron chi connectivity index (χ3n) is 2.92. The van der Waals surface area contributed by atoms with E-state index in [4.69, 9.17) is 5.73 Å². The van der Waals surface area contributed by atoms with Crippen LogP contribution in [0, 0.1) is 0 Å². The summed E-state index contributed by atoms with van der Waals surface area (Å²) in [5, 5.41) is 11.1. The molecule has 0 saturated carbocycles. The maximum absolute atomic E-state index is 10.3. The van der Waals surface area contributed by atoms with Gasteiger partial charge in [0.15, 0.2) is 5.65 Å². The average Bonchev–Trinajstić information content (AvgIpc) is 2.90. The zero-order valence-electron chi connectivity index (χ0n) is 10.7. The summed E-state index contributed by atoms with van der Waals surface area (Å²) in [6.45, 7) is 0. The third kappa shape index (κ3) is 2.21. The Balaban J connectivity index is 2.09. The summed E-state index contributed by atoms with van der Waals surface area (Å²) in [4.78, 5) is 15.6. The fourth-order valence-electron chi connectivity index (χ4n) is 1.98. The molecule has 0 aliphatic rings. The highest BCUT2D eigenvalue weighted by molar-refractivity contribution is 7.98. The number of benzene rings is 1. The molecule has 2 heterocycles. The Labute approximate surface area is 119 Å². The Morgan fingerprint density at radius 1 is 1.20 bits per heavy atom. The number of imidazole rings is 1. The molecule has 4 N–H and O–H groups in total. The minimum Gasteiger partial charge on any atom is -0.380 e. The monoisotopic (exact) mass is 287 g/mol. The predicted molar refractivity (Wildman–Crippen MR) is 78.4 cm³/mol. The van der Waals surface area contributed by atoms with Gasteiger partial charge in [-0.3, -0.25) is 0 Å². The van der Waals surface area contributed by atoms with Crippen LogP contribution in [0.2, 0.25) is 0 Å². The normalized spacial score (nSPS) is 12.7. The summed E-state index contributed by atoms with van der Waals surface area (Å²) < 4.78 is 0. The van der Waals surface area contributed by atoms with Gasteiger partial charge in [-0.2, -0.15) is 4.98 Å². The van der Waals surface area contributed by atoms with E-state index in [0.717, 1.165) is 5.56 Å². The number of thioether (sulfide) groups is 1. The van der Waals surface area contributed by atoms with Gasteiger partial charge in [-0.15, -0.1) is 11.8 Å². The minimum absolute atomic E-state index is 0.175. The lowest BCUT2D eigenvalue weighted by Crippen LogP contribution is -2.01. The molecule has 0 radical (unpaired) electrons. The summed E-state index contributed by atoms with van der Waals surface area (Å²) in [6.07, 6.45) is 1.07. The maximum Gasteiger partial charge on any atom is 0.223 e. The second kappa shape index (κ2) is 5.10. The number of aromatic amines is 1. The number of fused-ring (bicyclic) bond motifs is 1. The number of nitrogens with two attached hydrogens (primary N) is 1. The molecule has 0 aliphatic carbocycles. The average molecular weight is 287 g/mol. The lowest BCUT2D eigenvalue weighted by Gasteiger charge is -2.06. The Morgan fingerprint density at radius 2 is 1.95 bits per heavy atom. The van der Waals surface area contributed by atoms with Crippen LogP contribution < -0.4 is 5.73 Å². The van der Waals surface area contributed by atoms with Crippen molar-refractivity contribution in [2.45, 2.75) is 11.1 Å². The van der Waals surface area contributed by atoms with Crippen molar-refractivity contribution in [1.29, 1.82) is 0 Å². The lowest BCUT2D eigenvalue weighted by molar-refractivity contribution is 0.211. The summed E-state index contributed by atoms with van der Waals surface area (Å²) in [6, 6.07) is 9.31. The van der Waals surface area contributed by atoms with Crippen LogP contribution in [0.4, 0.5) is 5.95 Å². The molecule has 1 aromatic carbocycles. The van der Waals surface area contributed by atoms with Crippen molar-refractivity contribution in [2.75, 3.05) is 12.0 Å². The molecule has 0 bridgehead atoms. The van der Waals surface area contributed by atoms with E-state index in [1.807, 2.05) is 36.6 Å². The number of nitrogens with zero attached hydrogens (tertiary/aromatic N) is 3. The van der Waals surface area contributed by atoms with Gasteiger partial charge in [-0.1, -0.05) is 30.3 Å². The first-order valence-electron chi connectivity index (χ1n) is 5.99. The molecule has 2 aromatic heterocycles. The Morgan fingerprint density at radius 3 is 2.65 bits per heavy atom. The molecule has 0 amide bonds. The summed E-state index contributed by atoms with van der Waals surface area (Å²) in [7, 11) is 0. The summed E-state index contributed by atoms with van der Waals surface area (Å²) in [5.74, 6) is 0.607. The van der Waals surface area contributed by atoms with Crippen molar-refractivity contribution in [2.24, 2.45) is 0 Å². The second-order valence-corrected chi connectivity index (χ2v) is 5.02. The number of aromatic nitrogens is 4. The standard InChI is InChI=1S/C13H13N5OS/c1-20-12-8-10(17-13(14)18-12)16-11(15-8)9(19)7-5-3-2-4-6-7/h2-6,9,19H,1H3,(H3,14,15,16,17,18). The van der Waals surface area contributed by atoms with Gasteiger partial charge in [0.1, 0.15) is 22.5 Å². The molecule has 7 heteroatoms. The van der Waals surface area contributed by atoms with Crippen LogP contribution in [0.15, 0.2) is 35.4 Å². The first-order chi connectivity index (χ1) is 9.69. The molecule has 6 nitrogen and oxygen atoms in total. The molecule has 20 heavy (non-hydrogen) atoms. The van der Waals surface area contributed by atoms with Crippen LogP contribution in [0.3, 0.4) is 0 Å². The number of nitrogen functional groups attached to an aromatic ring is 1. The van der Waals surface area contributed by atoms with Crippen LogP contribution in [0.1, 0.15) is 17.5 Å². The van der Waals surface area contributed by atoms with Gasteiger partial charge in [-0.25, -0.2) is 9.97 Å². The van der Waals surface area contributed by atoms with E-state index in [1.165, 1.54) is 11.8 Å². The number of aliphatic hydroxyl groups is 1.